The maximum atomic E-state index is 5.40. The molecule has 16 heavy (non-hydrogen) atoms. The van der Waals surface area contributed by atoms with Crippen molar-refractivity contribution in [3.63, 3.8) is 0 Å². The van der Waals surface area contributed by atoms with Gasteiger partial charge < -0.3 is 19.2 Å². The summed E-state index contributed by atoms with van der Waals surface area (Å²) in [6.45, 7) is 2.41. The molecule has 5 heteroatoms. The molecule has 0 amide bonds. The Balaban J connectivity index is 1.71. The molecule has 0 bridgehead atoms. The molecule has 1 aliphatic rings. The molecule has 1 aromatic rings. The van der Waals surface area contributed by atoms with Crippen LogP contribution >= 0.6 is 0 Å². The molecule has 0 saturated heterocycles. The minimum Gasteiger partial charge on any atom is -0.446 e. The molecule has 0 aliphatic heterocycles. The van der Waals surface area contributed by atoms with E-state index in [-0.39, 0.29) is 0 Å². The normalized spacial score (nSPS) is 15.6. The van der Waals surface area contributed by atoms with Crippen molar-refractivity contribution in [1.29, 1.82) is 0 Å². The molecule has 1 N–H and O–H groups in total. The molecule has 1 saturated carbocycles. The van der Waals surface area contributed by atoms with Gasteiger partial charge in [0.05, 0.1) is 18.9 Å². The summed E-state index contributed by atoms with van der Waals surface area (Å²) < 4.78 is 15.6. The molecule has 1 aliphatic carbocycles. The Labute approximate surface area is 95.1 Å². The van der Waals surface area contributed by atoms with Crippen LogP contribution in [-0.2, 0) is 22.6 Å². The van der Waals surface area contributed by atoms with E-state index in [1.165, 1.54) is 19.2 Å². The zero-order valence-corrected chi connectivity index (χ0v) is 9.57. The number of nitrogens with zero attached hydrogens (tertiary/aromatic N) is 1. The molecular formula is C11H18N2O3. The monoisotopic (exact) mass is 226 g/mol. The largest absolute Gasteiger partial charge is 0.446 e. The van der Waals surface area contributed by atoms with E-state index in [2.05, 4.69) is 10.3 Å². The minimum atomic E-state index is 0.463. The predicted octanol–water partition coefficient (Wildman–Crippen LogP) is 1.09. The molecule has 5 nitrogen and oxygen atoms in total. The number of hydrogen-bond acceptors (Lipinski definition) is 5. The lowest BCUT2D eigenvalue weighted by Crippen LogP contribution is -2.16. The highest BCUT2D eigenvalue weighted by Gasteiger charge is 2.21. The van der Waals surface area contributed by atoms with Gasteiger partial charge in [0.15, 0.2) is 12.2 Å². The standard InChI is InChI=1S/C11H18N2O3/c1-14-4-5-15-7-11-10(13-8-16-11)6-12-9-2-3-9/h8-9,12H,2-7H2,1H3. The van der Waals surface area contributed by atoms with Gasteiger partial charge in [-0.25, -0.2) is 4.98 Å². The van der Waals surface area contributed by atoms with E-state index in [1.807, 2.05) is 0 Å². The number of hydrogen-bond donors (Lipinski definition) is 1. The van der Waals surface area contributed by atoms with Gasteiger partial charge in [0, 0.05) is 19.7 Å². The number of ether oxygens (including phenoxy) is 2. The van der Waals surface area contributed by atoms with E-state index < -0.39 is 0 Å². The average molecular weight is 226 g/mol. The SMILES string of the molecule is COCCOCc1ocnc1CNC1CC1. The van der Waals surface area contributed by atoms with Crippen molar-refractivity contribution in [2.45, 2.75) is 32.0 Å². The zero-order chi connectivity index (χ0) is 11.2. The summed E-state index contributed by atoms with van der Waals surface area (Å²) >= 11 is 0. The molecular weight excluding hydrogens is 208 g/mol. The van der Waals surface area contributed by atoms with Crippen LogP contribution in [0.15, 0.2) is 10.8 Å². The van der Waals surface area contributed by atoms with E-state index in [1.54, 1.807) is 7.11 Å². The van der Waals surface area contributed by atoms with Gasteiger partial charge >= 0.3 is 0 Å². The first-order valence-electron chi connectivity index (χ1n) is 5.61. The molecule has 0 unspecified atom stereocenters. The maximum absolute atomic E-state index is 5.40. The van der Waals surface area contributed by atoms with Crippen molar-refractivity contribution in [3.05, 3.63) is 17.8 Å². The maximum Gasteiger partial charge on any atom is 0.181 e. The van der Waals surface area contributed by atoms with Gasteiger partial charge in [-0.05, 0) is 12.8 Å². The molecule has 1 aromatic heterocycles. The van der Waals surface area contributed by atoms with Gasteiger partial charge in [-0.2, -0.15) is 0 Å². The van der Waals surface area contributed by atoms with Gasteiger partial charge in [0.2, 0.25) is 0 Å². The number of rotatable bonds is 8. The van der Waals surface area contributed by atoms with Gasteiger partial charge in [0.1, 0.15) is 6.61 Å². The van der Waals surface area contributed by atoms with Crippen LogP contribution in [0.5, 0.6) is 0 Å². The number of nitrogens with one attached hydrogen (secondary N) is 1. The fraction of sp³-hybridized carbons (Fsp3) is 0.727. The molecule has 0 aromatic carbocycles. The third kappa shape index (κ3) is 3.59. The van der Waals surface area contributed by atoms with Crippen LogP contribution in [0.2, 0.25) is 0 Å². The highest BCUT2D eigenvalue weighted by atomic mass is 16.5. The molecule has 90 valence electrons. The van der Waals surface area contributed by atoms with E-state index >= 15 is 0 Å². The number of oxazole rings is 1. The van der Waals surface area contributed by atoms with Crippen molar-refractivity contribution in [3.8, 4) is 0 Å². The lowest BCUT2D eigenvalue weighted by Gasteiger charge is -2.03. The highest BCUT2D eigenvalue weighted by molar-refractivity contribution is 5.06. The Kier molecular flexibility index (Phi) is 4.33. The summed E-state index contributed by atoms with van der Waals surface area (Å²) in [6, 6.07) is 0.680. The van der Waals surface area contributed by atoms with Crippen LogP contribution in [0.25, 0.3) is 0 Å². The summed E-state index contributed by atoms with van der Waals surface area (Å²) in [5.41, 5.74) is 0.948. The van der Waals surface area contributed by atoms with Gasteiger partial charge in [-0.15, -0.1) is 0 Å². The molecule has 2 rings (SSSR count). The molecule has 1 heterocycles. The summed E-state index contributed by atoms with van der Waals surface area (Å²) in [5, 5.41) is 3.40. The first-order valence-corrected chi connectivity index (χ1v) is 5.61. The van der Waals surface area contributed by atoms with Crippen LogP contribution in [0.4, 0.5) is 0 Å². The fourth-order valence-corrected chi connectivity index (χ4v) is 1.39. The summed E-state index contributed by atoms with van der Waals surface area (Å²) in [4.78, 5) is 4.17. The smallest absolute Gasteiger partial charge is 0.181 e. The second-order valence-electron chi connectivity index (χ2n) is 3.92. The highest BCUT2D eigenvalue weighted by Crippen LogP contribution is 2.19. The number of methoxy groups -OCH3 is 1. The van der Waals surface area contributed by atoms with E-state index in [0.717, 1.165) is 18.0 Å². The van der Waals surface area contributed by atoms with Gasteiger partial charge in [-0.1, -0.05) is 0 Å². The summed E-state index contributed by atoms with van der Waals surface area (Å²) in [7, 11) is 1.66. The Morgan fingerprint density at radius 3 is 3.12 bits per heavy atom. The molecule has 0 spiro atoms. The van der Waals surface area contributed by atoms with Crippen molar-refractivity contribution < 1.29 is 13.9 Å². The number of aromatic nitrogens is 1. The van der Waals surface area contributed by atoms with E-state index in [4.69, 9.17) is 13.9 Å². The van der Waals surface area contributed by atoms with Crippen molar-refractivity contribution in [2.75, 3.05) is 20.3 Å². The average Bonchev–Trinajstić information content (AvgIpc) is 3.02. The molecule has 1 fully saturated rings. The van der Waals surface area contributed by atoms with Crippen LogP contribution < -0.4 is 5.32 Å². The van der Waals surface area contributed by atoms with Gasteiger partial charge in [0.25, 0.3) is 0 Å². The molecule has 0 radical (unpaired) electrons. The first kappa shape index (κ1) is 11.6. The van der Waals surface area contributed by atoms with Crippen molar-refractivity contribution in [1.82, 2.24) is 10.3 Å². The Morgan fingerprint density at radius 2 is 2.38 bits per heavy atom. The predicted molar refractivity (Wildman–Crippen MR) is 57.9 cm³/mol. The topological polar surface area (TPSA) is 56.5 Å². The van der Waals surface area contributed by atoms with Crippen LogP contribution in [0, 0.1) is 0 Å². The summed E-state index contributed by atoms with van der Waals surface area (Å²) in [5.74, 6) is 0.809. The lowest BCUT2D eigenvalue weighted by atomic mass is 10.3. The van der Waals surface area contributed by atoms with E-state index in [9.17, 15) is 0 Å². The van der Waals surface area contributed by atoms with Crippen molar-refractivity contribution >= 4 is 0 Å². The van der Waals surface area contributed by atoms with Gasteiger partial charge in [-0.3, -0.25) is 0 Å². The fourth-order valence-electron chi connectivity index (χ4n) is 1.39. The molecule has 0 atom stereocenters. The Hall–Kier alpha value is -0.910. The second kappa shape index (κ2) is 5.98. The third-order valence-corrected chi connectivity index (χ3v) is 2.53. The Morgan fingerprint density at radius 1 is 1.50 bits per heavy atom. The second-order valence-corrected chi connectivity index (χ2v) is 3.92. The van der Waals surface area contributed by atoms with Crippen LogP contribution in [0.3, 0.4) is 0 Å². The third-order valence-electron chi connectivity index (χ3n) is 2.53. The van der Waals surface area contributed by atoms with Crippen LogP contribution in [0.1, 0.15) is 24.3 Å². The zero-order valence-electron chi connectivity index (χ0n) is 9.57. The Bertz CT molecular complexity index is 310. The van der Waals surface area contributed by atoms with E-state index in [0.29, 0.717) is 25.9 Å². The lowest BCUT2D eigenvalue weighted by molar-refractivity contribution is 0.0533. The summed E-state index contributed by atoms with van der Waals surface area (Å²) in [6.07, 6.45) is 4.02. The quantitative estimate of drug-likeness (QED) is 0.672. The first-order chi connectivity index (χ1) is 7.90. The van der Waals surface area contributed by atoms with Crippen LogP contribution in [-0.4, -0.2) is 31.3 Å². The minimum absolute atomic E-state index is 0.463. The van der Waals surface area contributed by atoms with Crippen molar-refractivity contribution in [2.24, 2.45) is 0 Å².